The van der Waals surface area contributed by atoms with Crippen LogP contribution in [0.15, 0.2) is 182 Å². The maximum atomic E-state index is 5.49. The van der Waals surface area contributed by atoms with Crippen LogP contribution in [0.4, 0.5) is 0 Å². The van der Waals surface area contributed by atoms with Crippen molar-refractivity contribution in [2.75, 3.05) is 0 Å². The van der Waals surface area contributed by atoms with Crippen LogP contribution < -0.4 is 0 Å². The summed E-state index contributed by atoms with van der Waals surface area (Å²) in [4.78, 5) is 16.2. The molecular formula is C64H50N4. The van der Waals surface area contributed by atoms with E-state index in [4.69, 9.17) is 15.0 Å². The van der Waals surface area contributed by atoms with E-state index in [1.54, 1.807) is 11.1 Å². The minimum atomic E-state index is -0.0882. The van der Waals surface area contributed by atoms with Crippen molar-refractivity contribution in [2.45, 2.75) is 56.8 Å². The third-order valence-electron chi connectivity index (χ3n) is 17.4. The fourth-order valence-corrected chi connectivity index (χ4v) is 14.9. The molecule has 2 aromatic heterocycles. The van der Waals surface area contributed by atoms with Crippen LogP contribution >= 0.6 is 0 Å². The smallest absolute Gasteiger partial charge is 0.164 e. The van der Waals surface area contributed by atoms with Crippen molar-refractivity contribution >= 4 is 21.8 Å². The lowest BCUT2D eigenvalue weighted by Gasteiger charge is -2.61. The average molecular weight is 875 g/mol. The molecule has 4 saturated carbocycles. The van der Waals surface area contributed by atoms with Crippen molar-refractivity contribution in [3.8, 4) is 73.2 Å². The Balaban J connectivity index is 0.935. The summed E-state index contributed by atoms with van der Waals surface area (Å²) in [7, 11) is 0. The van der Waals surface area contributed by atoms with E-state index in [1.165, 1.54) is 92.9 Å². The van der Waals surface area contributed by atoms with E-state index in [-0.39, 0.29) is 10.8 Å². The van der Waals surface area contributed by atoms with Gasteiger partial charge in [0.05, 0.1) is 11.0 Å². The minimum Gasteiger partial charge on any atom is -0.309 e. The zero-order chi connectivity index (χ0) is 44.9. The summed E-state index contributed by atoms with van der Waals surface area (Å²) in [6.07, 6.45) is 6.75. The van der Waals surface area contributed by atoms with Crippen molar-refractivity contribution in [3.63, 3.8) is 0 Å². The molecule has 0 saturated heterocycles. The molecule has 0 atom stereocenters. The van der Waals surface area contributed by atoms with E-state index in [0.29, 0.717) is 23.5 Å². The fourth-order valence-electron chi connectivity index (χ4n) is 14.9. The number of aromatic nitrogens is 4. The third-order valence-corrected chi connectivity index (χ3v) is 17.4. The molecule has 0 aliphatic heterocycles. The first-order valence-corrected chi connectivity index (χ1v) is 24.9. The molecule has 0 radical (unpaired) electrons. The molecule has 6 aliphatic carbocycles. The average Bonchev–Trinajstić information content (AvgIpc) is 3.96. The van der Waals surface area contributed by atoms with Crippen molar-refractivity contribution in [1.29, 1.82) is 0 Å². The first-order valence-electron chi connectivity index (χ1n) is 24.9. The van der Waals surface area contributed by atoms with E-state index in [0.717, 1.165) is 45.6 Å². The van der Waals surface area contributed by atoms with Crippen molar-refractivity contribution in [1.82, 2.24) is 19.5 Å². The fraction of sp³-hybridized carbons (Fsp3) is 0.203. The quantitative estimate of drug-likeness (QED) is 0.173. The van der Waals surface area contributed by atoms with Crippen LogP contribution in [-0.4, -0.2) is 19.5 Å². The lowest BCUT2D eigenvalue weighted by atomic mass is 9.42. The maximum absolute atomic E-state index is 5.49. The number of hydrogen-bond donors (Lipinski definition) is 0. The van der Waals surface area contributed by atoms with Crippen LogP contribution in [0.1, 0.15) is 68.2 Å². The molecule has 8 aromatic carbocycles. The molecule has 0 N–H and O–H groups in total. The Morgan fingerprint density at radius 1 is 0.397 bits per heavy atom. The predicted molar refractivity (Wildman–Crippen MR) is 277 cm³/mol. The summed E-state index contributed by atoms with van der Waals surface area (Å²) in [5.41, 5.74) is 20.7. The highest BCUT2D eigenvalue weighted by Gasteiger charge is 2.63. The van der Waals surface area contributed by atoms with Gasteiger partial charge in [0.2, 0.25) is 0 Å². The molecule has 4 nitrogen and oxygen atoms in total. The normalized spacial score (nSPS) is 22.1. The van der Waals surface area contributed by atoms with Gasteiger partial charge in [0, 0.05) is 44.0 Å². The zero-order valence-electron chi connectivity index (χ0n) is 38.5. The summed E-state index contributed by atoms with van der Waals surface area (Å²) < 4.78 is 2.38. The van der Waals surface area contributed by atoms with Gasteiger partial charge in [0.25, 0.3) is 0 Å². The Kier molecular flexibility index (Phi) is 7.99. The SMILES string of the molecule is CC1(C)c2ccccc2-c2ccc3c(c21)C1(c2cc(-c4nc(-c5ccccc5)nc(-c5ccc6c(c5)c5cc(-c7ccccc7)ccc5n6-c5ccccc5)n4)ccc2-3)C2CC3CC(C2)CC1C3. The number of rotatable bonds is 5. The minimum absolute atomic E-state index is 0.0342. The molecule has 4 fully saturated rings. The van der Waals surface area contributed by atoms with Crippen molar-refractivity contribution < 1.29 is 0 Å². The van der Waals surface area contributed by atoms with Crippen molar-refractivity contribution in [3.05, 3.63) is 204 Å². The van der Waals surface area contributed by atoms with Gasteiger partial charge in [-0.1, -0.05) is 147 Å². The molecule has 2 heterocycles. The third kappa shape index (κ3) is 5.29. The lowest BCUT2D eigenvalue weighted by Crippen LogP contribution is -2.55. The second-order valence-corrected chi connectivity index (χ2v) is 21.2. The van der Waals surface area contributed by atoms with Gasteiger partial charge in [-0.2, -0.15) is 0 Å². The van der Waals surface area contributed by atoms with E-state index >= 15 is 0 Å². The largest absolute Gasteiger partial charge is 0.309 e. The highest BCUT2D eigenvalue weighted by Crippen LogP contribution is 2.72. The molecule has 4 heteroatoms. The van der Waals surface area contributed by atoms with E-state index < -0.39 is 0 Å². The number of hydrogen-bond acceptors (Lipinski definition) is 3. The Labute approximate surface area is 397 Å². The maximum Gasteiger partial charge on any atom is 0.164 e. The van der Waals surface area contributed by atoms with Crippen LogP contribution in [0.2, 0.25) is 0 Å². The molecule has 1 spiro atoms. The van der Waals surface area contributed by atoms with E-state index in [2.05, 4.69) is 200 Å². The Morgan fingerprint density at radius 3 is 1.54 bits per heavy atom. The van der Waals surface area contributed by atoms with Gasteiger partial charge in [-0.15, -0.1) is 0 Å². The Hall–Kier alpha value is -7.43. The molecule has 0 unspecified atom stereocenters. The summed E-state index contributed by atoms with van der Waals surface area (Å²) in [6, 6.07) is 66.9. The standard InChI is InChI=1S/C64H50N4/c1-63(2)54-21-13-12-20-48(54)50-26-27-51-49-25-22-44(37-55(49)64(59(51)58(50)63)45-31-38-30-39(33-45)34-46(64)32-38)62-66-60(41-16-8-4-9-17-41)65-61(67-62)43-24-29-57-53(36-43)52-35-42(40-14-6-3-7-15-40)23-28-56(52)68(57)47-18-10-5-11-19-47/h3-29,35-39,45-46H,30-34H2,1-2H3. The van der Waals surface area contributed by atoms with E-state index in [1.807, 2.05) is 0 Å². The highest BCUT2D eigenvalue weighted by atomic mass is 15.0. The van der Waals surface area contributed by atoms with Gasteiger partial charge in [0.1, 0.15) is 0 Å². The van der Waals surface area contributed by atoms with Gasteiger partial charge in [0.15, 0.2) is 17.5 Å². The highest BCUT2D eigenvalue weighted by molar-refractivity contribution is 6.11. The van der Waals surface area contributed by atoms with Crippen LogP contribution in [0, 0.1) is 23.7 Å². The molecule has 10 aromatic rings. The second-order valence-electron chi connectivity index (χ2n) is 21.2. The zero-order valence-corrected chi connectivity index (χ0v) is 38.5. The first-order chi connectivity index (χ1) is 33.4. The molecular weight excluding hydrogens is 825 g/mol. The molecule has 326 valence electrons. The van der Waals surface area contributed by atoms with Crippen LogP contribution in [0.25, 0.3) is 95.0 Å². The van der Waals surface area contributed by atoms with Crippen LogP contribution in [0.5, 0.6) is 0 Å². The number of fused-ring (bicyclic) bond motifs is 10. The van der Waals surface area contributed by atoms with Crippen LogP contribution in [0.3, 0.4) is 0 Å². The Bertz CT molecular complexity index is 3690. The van der Waals surface area contributed by atoms with Gasteiger partial charge < -0.3 is 4.57 Å². The van der Waals surface area contributed by atoms with Gasteiger partial charge in [-0.05, 0) is 160 Å². The van der Waals surface area contributed by atoms with E-state index in [9.17, 15) is 0 Å². The molecule has 4 bridgehead atoms. The van der Waals surface area contributed by atoms with Crippen LogP contribution in [-0.2, 0) is 10.8 Å². The Morgan fingerprint density at radius 2 is 0.882 bits per heavy atom. The van der Waals surface area contributed by atoms with Crippen molar-refractivity contribution in [2.24, 2.45) is 23.7 Å². The number of para-hydroxylation sites is 1. The summed E-state index contributed by atoms with van der Waals surface area (Å²) in [6.45, 7) is 4.99. The lowest BCUT2D eigenvalue weighted by molar-refractivity contribution is -0.0404. The second kappa shape index (κ2) is 14.1. The summed E-state index contributed by atoms with van der Waals surface area (Å²) >= 11 is 0. The molecule has 16 rings (SSSR count). The van der Waals surface area contributed by atoms with Gasteiger partial charge in [-0.3, -0.25) is 0 Å². The first kappa shape index (κ1) is 38.7. The molecule has 6 aliphatic rings. The molecule has 0 amide bonds. The summed E-state index contributed by atoms with van der Waals surface area (Å²) in [5, 5.41) is 2.36. The van der Waals surface area contributed by atoms with Gasteiger partial charge >= 0.3 is 0 Å². The topological polar surface area (TPSA) is 43.6 Å². The van der Waals surface area contributed by atoms with Gasteiger partial charge in [-0.25, -0.2) is 15.0 Å². The molecule has 68 heavy (non-hydrogen) atoms. The summed E-state index contributed by atoms with van der Waals surface area (Å²) in [5.74, 6) is 5.05. The predicted octanol–water partition coefficient (Wildman–Crippen LogP) is 15.7. The monoisotopic (exact) mass is 874 g/mol. The number of benzene rings is 8. The number of nitrogens with zero attached hydrogens (tertiary/aromatic N) is 4.